The number of anilines is 1. The maximum atomic E-state index is 11.6. The summed E-state index contributed by atoms with van der Waals surface area (Å²) in [4.78, 5) is 24.8. The standard InChI is InChI=1S/C19H27N3O5/c1-12(23)20-14-10-13-16(11-15(14)22(25)26)27-18(2,3)17(24)19(13,4)21-8-6-5-7-9-21/h10-11,17,24H,5-9H2,1-4H3,(H,20,23)/t17-,19-/m0/s1. The first-order valence-corrected chi connectivity index (χ1v) is 9.30. The molecule has 2 heterocycles. The molecule has 0 saturated carbocycles. The second kappa shape index (κ2) is 6.76. The van der Waals surface area contributed by atoms with Crippen molar-refractivity contribution in [3.8, 4) is 5.75 Å². The minimum atomic E-state index is -0.914. The van der Waals surface area contributed by atoms with Gasteiger partial charge >= 0.3 is 0 Å². The highest BCUT2D eigenvalue weighted by molar-refractivity contribution is 5.92. The van der Waals surface area contributed by atoms with Crippen molar-refractivity contribution < 1.29 is 19.6 Å². The number of hydrogen-bond acceptors (Lipinski definition) is 6. The third-order valence-corrected chi connectivity index (χ3v) is 5.73. The molecule has 8 nitrogen and oxygen atoms in total. The quantitative estimate of drug-likeness (QED) is 0.620. The number of benzene rings is 1. The van der Waals surface area contributed by atoms with Gasteiger partial charge in [-0.2, -0.15) is 0 Å². The molecule has 1 saturated heterocycles. The van der Waals surface area contributed by atoms with Crippen LogP contribution in [0.1, 0.15) is 52.5 Å². The number of piperidine rings is 1. The molecule has 2 atom stereocenters. The number of nitro groups is 1. The van der Waals surface area contributed by atoms with Crippen molar-refractivity contribution in [2.75, 3.05) is 18.4 Å². The number of carbonyl (C=O) groups excluding carboxylic acids is 1. The number of fused-ring (bicyclic) bond motifs is 1. The molecule has 1 fully saturated rings. The van der Waals surface area contributed by atoms with E-state index < -0.39 is 28.1 Å². The topological polar surface area (TPSA) is 105 Å². The number of nitrogens with zero attached hydrogens (tertiary/aromatic N) is 2. The first-order chi connectivity index (χ1) is 12.6. The van der Waals surface area contributed by atoms with Gasteiger partial charge in [-0.3, -0.25) is 19.8 Å². The van der Waals surface area contributed by atoms with E-state index in [9.17, 15) is 20.0 Å². The van der Waals surface area contributed by atoms with Gasteiger partial charge in [-0.25, -0.2) is 0 Å². The maximum Gasteiger partial charge on any atom is 0.296 e. The number of aliphatic hydroxyl groups excluding tert-OH is 1. The number of rotatable bonds is 3. The van der Waals surface area contributed by atoms with Gasteiger partial charge in [-0.15, -0.1) is 0 Å². The van der Waals surface area contributed by atoms with Gasteiger partial charge in [0.15, 0.2) is 0 Å². The normalized spacial score (nSPS) is 27.4. The summed E-state index contributed by atoms with van der Waals surface area (Å²) in [5.41, 5.74) is -1.14. The maximum absolute atomic E-state index is 11.6. The first kappa shape index (κ1) is 19.6. The zero-order valence-electron chi connectivity index (χ0n) is 16.2. The molecular weight excluding hydrogens is 350 g/mol. The molecule has 1 aromatic carbocycles. The van der Waals surface area contributed by atoms with Crippen LogP contribution in [0.25, 0.3) is 0 Å². The molecule has 2 aliphatic heterocycles. The van der Waals surface area contributed by atoms with Crippen molar-refractivity contribution >= 4 is 17.3 Å². The van der Waals surface area contributed by atoms with E-state index in [-0.39, 0.29) is 11.4 Å². The second-order valence-corrected chi connectivity index (χ2v) is 8.11. The number of likely N-dealkylation sites (tertiary alicyclic amines) is 1. The summed E-state index contributed by atoms with van der Waals surface area (Å²) in [6, 6.07) is 2.94. The summed E-state index contributed by atoms with van der Waals surface area (Å²) in [5.74, 6) is -0.0190. The molecule has 0 spiro atoms. The van der Waals surface area contributed by atoms with Crippen LogP contribution in [0.5, 0.6) is 5.75 Å². The molecule has 1 aromatic rings. The Hall–Kier alpha value is -2.19. The molecule has 0 aromatic heterocycles. The number of nitro benzene ring substituents is 1. The van der Waals surface area contributed by atoms with E-state index in [1.54, 1.807) is 19.9 Å². The van der Waals surface area contributed by atoms with Gasteiger partial charge in [0.1, 0.15) is 23.1 Å². The molecule has 2 N–H and O–H groups in total. The molecule has 0 bridgehead atoms. The van der Waals surface area contributed by atoms with E-state index >= 15 is 0 Å². The van der Waals surface area contributed by atoms with Crippen LogP contribution in [0.2, 0.25) is 0 Å². The molecule has 2 aliphatic rings. The van der Waals surface area contributed by atoms with Crippen molar-refractivity contribution in [1.29, 1.82) is 0 Å². The van der Waals surface area contributed by atoms with Crippen LogP contribution in [-0.2, 0) is 10.3 Å². The van der Waals surface area contributed by atoms with E-state index in [1.807, 2.05) is 6.92 Å². The Balaban J connectivity index is 2.21. The lowest BCUT2D eigenvalue weighted by Crippen LogP contribution is -2.64. The summed E-state index contributed by atoms with van der Waals surface area (Å²) < 4.78 is 5.97. The second-order valence-electron chi connectivity index (χ2n) is 8.11. The Morgan fingerprint density at radius 1 is 1.30 bits per heavy atom. The van der Waals surface area contributed by atoms with E-state index in [2.05, 4.69) is 10.2 Å². The Bertz CT molecular complexity index is 773. The van der Waals surface area contributed by atoms with E-state index in [1.165, 1.54) is 13.0 Å². The molecule has 0 aliphatic carbocycles. The number of hydrogen-bond donors (Lipinski definition) is 2. The zero-order chi connectivity index (χ0) is 20.0. The highest BCUT2D eigenvalue weighted by atomic mass is 16.6. The Labute approximate surface area is 158 Å². The summed E-state index contributed by atoms with van der Waals surface area (Å²) in [5, 5.41) is 25.3. The fraction of sp³-hybridized carbons (Fsp3) is 0.632. The van der Waals surface area contributed by atoms with Crippen molar-refractivity contribution in [2.24, 2.45) is 0 Å². The van der Waals surface area contributed by atoms with Crippen LogP contribution < -0.4 is 10.1 Å². The molecule has 1 amide bonds. The molecular formula is C19H27N3O5. The largest absolute Gasteiger partial charge is 0.484 e. The predicted molar refractivity (Wildman–Crippen MR) is 101 cm³/mol. The lowest BCUT2D eigenvalue weighted by atomic mass is 9.74. The summed E-state index contributed by atoms with van der Waals surface area (Å²) in [6.07, 6.45) is 2.36. The SMILES string of the molecule is CC(=O)Nc1cc2c(cc1[N+](=O)[O-])OC(C)(C)[C@H](O)[C@@]2(C)N1CCCCC1. The van der Waals surface area contributed by atoms with Crippen molar-refractivity contribution in [3.05, 3.63) is 27.8 Å². The highest BCUT2D eigenvalue weighted by Crippen LogP contribution is 2.50. The molecule has 3 rings (SSSR count). The molecule has 8 heteroatoms. The van der Waals surface area contributed by atoms with Crippen LogP contribution in [0.15, 0.2) is 12.1 Å². The Kier molecular flexibility index (Phi) is 4.90. The van der Waals surface area contributed by atoms with Gasteiger partial charge in [0.05, 0.1) is 16.5 Å². The number of carbonyl (C=O) groups is 1. The van der Waals surface area contributed by atoms with Gasteiger partial charge in [0.25, 0.3) is 5.69 Å². The minimum absolute atomic E-state index is 0.116. The van der Waals surface area contributed by atoms with Crippen molar-refractivity contribution in [2.45, 2.75) is 64.2 Å². The van der Waals surface area contributed by atoms with Gasteiger partial charge < -0.3 is 15.2 Å². The van der Waals surface area contributed by atoms with E-state index in [4.69, 9.17) is 4.74 Å². The average molecular weight is 377 g/mol. The van der Waals surface area contributed by atoms with Crippen LogP contribution in [-0.4, -0.2) is 45.6 Å². The fourth-order valence-corrected chi connectivity index (χ4v) is 4.35. The smallest absolute Gasteiger partial charge is 0.296 e. The molecule has 0 radical (unpaired) electrons. The highest BCUT2D eigenvalue weighted by Gasteiger charge is 2.54. The van der Waals surface area contributed by atoms with Crippen molar-refractivity contribution in [1.82, 2.24) is 4.90 Å². The van der Waals surface area contributed by atoms with E-state index in [0.29, 0.717) is 11.3 Å². The third kappa shape index (κ3) is 3.27. The number of nitrogens with one attached hydrogen (secondary N) is 1. The van der Waals surface area contributed by atoms with Gasteiger partial charge in [-0.05, 0) is 52.8 Å². The van der Waals surface area contributed by atoms with Gasteiger partial charge in [-0.1, -0.05) is 6.42 Å². The predicted octanol–water partition coefficient (Wildman–Crippen LogP) is 2.79. The third-order valence-electron chi connectivity index (χ3n) is 5.73. The monoisotopic (exact) mass is 377 g/mol. The Morgan fingerprint density at radius 2 is 1.93 bits per heavy atom. The van der Waals surface area contributed by atoms with Crippen LogP contribution in [0, 0.1) is 10.1 Å². The summed E-state index contributed by atoms with van der Waals surface area (Å²) >= 11 is 0. The Morgan fingerprint density at radius 3 is 2.48 bits per heavy atom. The lowest BCUT2D eigenvalue weighted by molar-refractivity contribution is -0.384. The molecule has 0 unspecified atom stereocenters. The zero-order valence-corrected chi connectivity index (χ0v) is 16.2. The number of ether oxygens (including phenoxy) is 1. The minimum Gasteiger partial charge on any atom is -0.484 e. The fourth-order valence-electron chi connectivity index (χ4n) is 4.35. The lowest BCUT2D eigenvalue weighted by Gasteiger charge is -2.54. The molecule has 148 valence electrons. The van der Waals surface area contributed by atoms with Gasteiger partial charge in [0.2, 0.25) is 5.91 Å². The average Bonchev–Trinajstić information content (AvgIpc) is 2.60. The van der Waals surface area contributed by atoms with Crippen LogP contribution >= 0.6 is 0 Å². The number of amides is 1. The summed E-state index contributed by atoms with van der Waals surface area (Å²) in [6.45, 7) is 8.49. The van der Waals surface area contributed by atoms with Crippen molar-refractivity contribution in [3.63, 3.8) is 0 Å². The molecule has 27 heavy (non-hydrogen) atoms. The number of aliphatic hydroxyl groups is 1. The van der Waals surface area contributed by atoms with Gasteiger partial charge in [0, 0.05) is 12.5 Å². The van der Waals surface area contributed by atoms with Crippen LogP contribution in [0.4, 0.5) is 11.4 Å². The van der Waals surface area contributed by atoms with E-state index in [0.717, 1.165) is 32.4 Å². The summed E-state index contributed by atoms with van der Waals surface area (Å²) in [7, 11) is 0. The van der Waals surface area contributed by atoms with Crippen LogP contribution in [0.3, 0.4) is 0 Å². The first-order valence-electron chi connectivity index (χ1n) is 9.30.